The summed E-state index contributed by atoms with van der Waals surface area (Å²) in [4.78, 5) is 22.0. The third-order valence-electron chi connectivity index (χ3n) is 3.19. The van der Waals surface area contributed by atoms with Crippen LogP contribution in [-0.2, 0) is 4.74 Å². The van der Waals surface area contributed by atoms with Gasteiger partial charge in [-0.05, 0) is 24.3 Å². The largest absolute Gasteiger partial charge is 0.463 e. The molecule has 0 bridgehead atoms. The predicted molar refractivity (Wildman–Crippen MR) is 78.6 cm³/mol. The average Bonchev–Trinajstić information content (AvgIpc) is 3.23. The summed E-state index contributed by atoms with van der Waals surface area (Å²) in [6.45, 7) is 0. The van der Waals surface area contributed by atoms with E-state index in [1.54, 1.807) is 24.3 Å². The van der Waals surface area contributed by atoms with Crippen LogP contribution in [0.5, 0.6) is 0 Å². The molecular weight excluding hydrogens is 284 g/mol. The summed E-state index contributed by atoms with van der Waals surface area (Å²) in [7, 11) is 1.30. The number of hydrogen-bond acceptors (Lipinski definition) is 5. The number of benzene rings is 1. The second kappa shape index (κ2) is 5.73. The molecule has 2 heterocycles. The minimum Gasteiger partial charge on any atom is -0.463 e. The van der Waals surface area contributed by atoms with E-state index in [4.69, 9.17) is 8.83 Å². The quantitative estimate of drug-likeness (QED) is 0.541. The summed E-state index contributed by atoms with van der Waals surface area (Å²) in [6, 6.07) is 14.0. The van der Waals surface area contributed by atoms with Crippen molar-refractivity contribution in [2.24, 2.45) is 0 Å². The van der Waals surface area contributed by atoms with Crippen molar-refractivity contribution in [1.29, 1.82) is 0 Å². The van der Waals surface area contributed by atoms with Gasteiger partial charge in [0.15, 0.2) is 12.0 Å². The molecule has 22 heavy (non-hydrogen) atoms. The highest BCUT2D eigenvalue weighted by atomic mass is 16.5. The number of carbonyl (C=O) groups excluding carboxylic acids is 2. The summed E-state index contributed by atoms with van der Waals surface area (Å²) >= 11 is 0. The molecule has 0 unspecified atom stereocenters. The molecule has 0 aliphatic rings. The van der Waals surface area contributed by atoms with E-state index in [1.807, 2.05) is 24.3 Å². The number of ether oxygens (including phenoxy) is 1. The van der Waals surface area contributed by atoms with Gasteiger partial charge in [0.25, 0.3) is 0 Å². The zero-order valence-electron chi connectivity index (χ0n) is 11.7. The number of rotatable bonds is 4. The first-order chi connectivity index (χ1) is 10.7. The molecule has 0 atom stereocenters. The molecule has 3 rings (SSSR count). The molecule has 0 aliphatic heterocycles. The molecule has 0 aliphatic carbocycles. The van der Waals surface area contributed by atoms with E-state index in [0.29, 0.717) is 17.8 Å². The molecule has 5 heteroatoms. The fraction of sp³-hybridized carbons (Fsp3) is 0.0588. The normalized spacial score (nSPS) is 10.4. The van der Waals surface area contributed by atoms with E-state index in [0.717, 1.165) is 11.1 Å². The lowest BCUT2D eigenvalue weighted by Gasteiger charge is -2.00. The van der Waals surface area contributed by atoms with Crippen molar-refractivity contribution in [3.8, 4) is 22.6 Å². The van der Waals surface area contributed by atoms with Crippen molar-refractivity contribution in [1.82, 2.24) is 0 Å². The second-order valence-electron chi connectivity index (χ2n) is 4.55. The molecule has 0 fully saturated rings. The Morgan fingerprint density at radius 3 is 2.05 bits per heavy atom. The Bertz CT molecular complexity index is 808. The van der Waals surface area contributed by atoms with Crippen molar-refractivity contribution in [2.45, 2.75) is 0 Å². The van der Waals surface area contributed by atoms with Crippen LogP contribution >= 0.6 is 0 Å². The van der Waals surface area contributed by atoms with E-state index in [-0.39, 0.29) is 11.5 Å². The molecule has 0 N–H and O–H groups in total. The van der Waals surface area contributed by atoms with Crippen LogP contribution in [-0.4, -0.2) is 19.4 Å². The highest BCUT2D eigenvalue weighted by molar-refractivity contribution is 5.87. The minimum absolute atomic E-state index is 0.156. The van der Waals surface area contributed by atoms with Crippen LogP contribution < -0.4 is 0 Å². The van der Waals surface area contributed by atoms with Gasteiger partial charge in [0.2, 0.25) is 5.76 Å². The summed E-state index contributed by atoms with van der Waals surface area (Å²) in [5.74, 6) is 1.11. The summed E-state index contributed by atoms with van der Waals surface area (Å²) in [5, 5.41) is 0. The Morgan fingerprint density at radius 1 is 0.909 bits per heavy atom. The van der Waals surface area contributed by atoms with Crippen molar-refractivity contribution in [3.63, 3.8) is 0 Å². The Morgan fingerprint density at radius 2 is 1.50 bits per heavy atom. The van der Waals surface area contributed by atoms with Gasteiger partial charge < -0.3 is 13.6 Å². The van der Waals surface area contributed by atoms with Crippen molar-refractivity contribution < 1.29 is 23.2 Å². The zero-order valence-corrected chi connectivity index (χ0v) is 11.7. The van der Waals surface area contributed by atoms with Crippen LogP contribution in [0.2, 0.25) is 0 Å². The molecule has 0 spiro atoms. The topological polar surface area (TPSA) is 69.7 Å². The molecule has 110 valence electrons. The van der Waals surface area contributed by atoms with Crippen molar-refractivity contribution in [2.75, 3.05) is 7.11 Å². The Hall–Kier alpha value is -3.08. The lowest BCUT2D eigenvalue weighted by molar-refractivity contribution is 0.0566. The monoisotopic (exact) mass is 296 g/mol. The molecule has 5 nitrogen and oxygen atoms in total. The van der Waals surface area contributed by atoms with Crippen LogP contribution in [0, 0.1) is 0 Å². The average molecular weight is 296 g/mol. The number of methoxy groups -OCH3 is 1. The van der Waals surface area contributed by atoms with Crippen LogP contribution in [0.15, 0.2) is 57.4 Å². The van der Waals surface area contributed by atoms with Gasteiger partial charge in [-0.15, -0.1) is 0 Å². The molecule has 0 amide bonds. The number of esters is 1. The summed E-state index contributed by atoms with van der Waals surface area (Å²) in [6.07, 6.45) is 0.662. The molecule has 0 radical (unpaired) electrons. The van der Waals surface area contributed by atoms with Gasteiger partial charge in [0, 0.05) is 11.1 Å². The standard InChI is InChI=1S/C17H12O5/c1-20-17(19)16-9-8-15(22-16)12-4-2-11(3-5-12)14-7-6-13(10-18)21-14/h2-10H,1H3. The molecule has 0 saturated heterocycles. The Balaban J connectivity index is 1.86. The third kappa shape index (κ3) is 2.56. The van der Waals surface area contributed by atoms with Crippen LogP contribution in [0.3, 0.4) is 0 Å². The smallest absolute Gasteiger partial charge is 0.373 e. The third-order valence-corrected chi connectivity index (χ3v) is 3.19. The highest BCUT2D eigenvalue weighted by Crippen LogP contribution is 2.27. The van der Waals surface area contributed by atoms with Crippen molar-refractivity contribution >= 4 is 12.3 Å². The van der Waals surface area contributed by atoms with Crippen molar-refractivity contribution in [3.05, 3.63) is 60.1 Å². The number of carbonyl (C=O) groups is 2. The Kier molecular flexibility index (Phi) is 3.62. The summed E-state index contributed by atoms with van der Waals surface area (Å²) in [5.41, 5.74) is 1.66. The second-order valence-corrected chi connectivity index (χ2v) is 4.55. The van der Waals surface area contributed by atoms with Crippen LogP contribution in [0.4, 0.5) is 0 Å². The van der Waals surface area contributed by atoms with Gasteiger partial charge >= 0.3 is 5.97 Å². The summed E-state index contributed by atoms with van der Waals surface area (Å²) < 4.78 is 15.4. The van der Waals surface area contributed by atoms with Gasteiger partial charge in [0.05, 0.1) is 7.11 Å². The highest BCUT2D eigenvalue weighted by Gasteiger charge is 2.12. The first kappa shape index (κ1) is 13.9. The minimum atomic E-state index is -0.514. The van der Waals surface area contributed by atoms with E-state index in [9.17, 15) is 9.59 Å². The number of furan rings is 2. The van der Waals surface area contributed by atoms with Gasteiger partial charge in [-0.3, -0.25) is 4.79 Å². The van der Waals surface area contributed by atoms with Gasteiger partial charge in [-0.1, -0.05) is 24.3 Å². The first-order valence-corrected chi connectivity index (χ1v) is 6.55. The number of aldehydes is 1. The van der Waals surface area contributed by atoms with Crippen LogP contribution in [0.1, 0.15) is 21.1 Å². The fourth-order valence-electron chi connectivity index (χ4n) is 2.07. The lowest BCUT2D eigenvalue weighted by atomic mass is 10.1. The van der Waals surface area contributed by atoms with Gasteiger partial charge in [-0.25, -0.2) is 4.79 Å². The molecule has 0 saturated carbocycles. The molecular formula is C17H12O5. The maximum Gasteiger partial charge on any atom is 0.373 e. The van der Waals surface area contributed by atoms with Gasteiger partial charge in [0.1, 0.15) is 11.5 Å². The fourth-order valence-corrected chi connectivity index (χ4v) is 2.07. The van der Waals surface area contributed by atoms with E-state index in [1.165, 1.54) is 7.11 Å². The molecule has 1 aromatic carbocycles. The SMILES string of the molecule is COC(=O)c1ccc(-c2ccc(-c3ccc(C=O)o3)cc2)o1. The van der Waals surface area contributed by atoms with E-state index < -0.39 is 5.97 Å². The zero-order chi connectivity index (χ0) is 15.5. The molecule has 3 aromatic rings. The molecule has 2 aromatic heterocycles. The van der Waals surface area contributed by atoms with Gasteiger partial charge in [-0.2, -0.15) is 0 Å². The first-order valence-electron chi connectivity index (χ1n) is 6.55. The van der Waals surface area contributed by atoms with E-state index in [2.05, 4.69) is 4.74 Å². The lowest BCUT2D eigenvalue weighted by Crippen LogP contribution is -1.98. The Labute approximate surface area is 126 Å². The maximum absolute atomic E-state index is 11.4. The van der Waals surface area contributed by atoms with E-state index >= 15 is 0 Å². The predicted octanol–water partition coefficient (Wildman–Crippen LogP) is 3.81. The maximum atomic E-state index is 11.4. The van der Waals surface area contributed by atoms with Crippen LogP contribution in [0.25, 0.3) is 22.6 Å². The number of hydrogen-bond donors (Lipinski definition) is 0.